The molecule has 0 spiro atoms. The van der Waals surface area contributed by atoms with Crippen LogP contribution in [0.3, 0.4) is 0 Å². The van der Waals surface area contributed by atoms with Gasteiger partial charge in [-0.15, -0.1) is 0 Å². The molecule has 2 rings (SSSR count). The standard InChI is InChI=1S/C24H26N6O13S.C2HF3O2/c25-24(26)28-13-4-1-11(2-5-13)23(40)43-14-6-3-12(10-27-44(41,42)30-17(22(38)39)9-19(33)34)15(7-14)20(35)29-16(21(36)37)8-18(31)32;3-2(4,5)1(6)7/h1-7,16-17,27,30H,8-10H2,(H,29,35)(H,31,32)(H,33,34)(H,36,37)(H,38,39)(H4,25,26,28);(H,6,7)/t16-,17-;/m0./s1. The summed E-state index contributed by atoms with van der Waals surface area (Å²) >= 11 is 0. The highest BCUT2D eigenvalue weighted by Gasteiger charge is 2.38. The van der Waals surface area contributed by atoms with Gasteiger partial charge < -0.3 is 46.6 Å². The van der Waals surface area contributed by atoms with Gasteiger partial charge in [-0.05, 0) is 42.0 Å². The Morgan fingerprint density at radius 1 is 0.843 bits per heavy atom. The number of nitrogens with two attached hydrogens (primary N) is 1. The number of ether oxygens (including phenoxy) is 1. The summed E-state index contributed by atoms with van der Waals surface area (Å²) in [6.45, 7) is -0.743. The second-order valence-electron chi connectivity index (χ2n) is 9.52. The number of esters is 1. The predicted octanol–water partition coefficient (Wildman–Crippen LogP) is -0.646. The largest absolute Gasteiger partial charge is 0.490 e. The summed E-state index contributed by atoms with van der Waals surface area (Å²) in [6, 6.07) is 4.73. The van der Waals surface area contributed by atoms with Gasteiger partial charge in [-0.1, -0.05) is 6.07 Å². The summed E-state index contributed by atoms with van der Waals surface area (Å²) in [4.78, 5) is 79.2. The third kappa shape index (κ3) is 15.6. The normalized spacial score (nSPS) is 12.1. The van der Waals surface area contributed by atoms with E-state index in [1.54, 1.807) is 4.72 Å². The van der Waals surface area contributed by atoms with Gasteiger partial charge in [0.25, 0.3) is 16.1 Å². The first-order chi connectivity index (χ1) is 23.4. The smallest absolute Gasteiger partial charge is 0.481 e. The molecule has 0 unspecified atom stereocenters. The van der Waals surface area contributed by atoms with E-state index in [-0.39, 0.29) is 22.8 Å². The molecule has 21 nitrogen and oxygen atoms in total. The van der Waals surface area contributed by atoms with Crippen LogP contribution in [-0.4, -0.2) is 99.9 Å². The molecule has 2 aromatic rings. The molecule has 1 amide bonds. The number of carbonyl (C=O) groups is 7. The summed E-state index contributed by atoms with van der Waals surface area (Å²) < 4.78 is 65.4. The number of carbonyl (C=O) groups excluding carboxylic acids is 2. The van der Waals surface area contributed by atoms with E-state index in [1.807, 2.05) is 10.0 Å². The van der Waals surface area contributed by atoms with E-state index < -0.39 is 95.1 Å². The van der Waals surface area contributed by atoms with Crippen molar-refractivity contribution in [3.05, 3.63) is 59.2 Å². The number of amides is 1. The van der Waals surface area contributed by atoms with Crippen LogP contribution in [0, 0.1) is 5.41 Å². The van der Waals surface area contributed by atoms with Crippen LogP contribution in [0.1, 0.15) is 39.1 Å². The molecule has 0 saturated carbocycles. The molecule has 0 heterocycles. The van der Waals surface area contributed by atoms with Crippen LogP contribution in [-0.2, 0) is 40.7 Å². The van der Waals surface area contributed by atoms with Gasteiger partial charge in [0.1, 0.15) is 17.8 Å². The quantitative estimate of drug-likeness (QED) is 0.0439. The fourth-order valence-electron chi connectivity index (χ4n) is 3.36. The van der Waals surface area contributed by atoms with Crippen molar-refractivity contribution in [2.45, 2.75) is 37.6 Å². The van der Waals surface area contributed by atoms with E-state index in [2.05, 4.69) is 5.32 Å². The molecule has 278 valence electrons. The molecule has 0 aliphatic rings. The first kappa shape index (κ1) is 42.7. The fraction of sp³-hybridized carbons (Fsp3) is 0.231. The monoisotopic (exact) mass is 752 g/mol. The Bertz CT molecular complexity index is 1790. The molecule has 0 fully saturated rings. The van der Waals surface area contributed by atoms with E-state index in [9.17, 15) is 55.5 Å². The summed E-state index contributed by atoms with van der Waals surface area (Å²) in [5.74, 6) is -12.1. The SMILES string of the molecule is N=C(N)Nc1ccc(C(=O)Oc2ccc(CNS(=O)(=O)N[C@@H](CC(=O)O)C(=O)O)c(C(=O)N[C@@H](CC(=O)O)C(=O)O)c2)cc1.O=C(O)C(F)(F)F. The molecule has 0 aliphatic heterocycles. The Balaban J connectivity index is 0.00000167. The number of hydrogen-bond donors (Lipinski definition) is 11. The van der Waals surface area contributed by atoms with Crippen LogP contribution in [0.15, 0.2) is 42.5 Å². The molecule has 0 radical (unpaired) electrons. The van der Waals surface area contributed by atoms with Crippen LogP contribution >= 0.6 is 0 Å². The average Bonchev–Trinajstić information content (AvgIpc) is 2.99. The molecule has 2 atom stereocenters. The third-order valence-corrected chi connectivity index (χ3v) is 6.71. The van der Waals surface area contributed by atoms with Crippen molar-refractivity contribution in [1.82, 2.24) is 14.8 Å². The Morgan fingerprint density at radius 3 is 1.80 bits per heavy atom. The average molecular weight is 753 g/mol. The lowest BCUT2D eigenvalue weighted by Crippen LogP contribution is -2.47. The van der Waals surface area contributed by atoms with E-state index >= 15 is 0 Å². The van der Waals surface area contributed by atoms with E-state index in [0.29, 0.717) is 5.69 Å². The molecule has 51 heavy (non-hydrogen) atoms. The highest BCUT2D eigenvalue weighted by atomic mass is 32.2. The van der Waals surface area contributed by atoms with Crippen molar-refractivity contribution in [2.24, 2.45) is 5.73 Å². The van der Waals surface area contributed by atoms with Gasteiger partial charge >= 0.3 is 42.0 Å². The number of guanidine groups is 1. The van der Waals surface area contributed by atoms with Crippen molar-refractivity contribution >= 4 is 63.6 Å². The molecular weight excluding hydrogens is 725 g/mol. The molecule has 2 aromatic carbocycles. The number of alkyl halides is 3. The molecule has 0 bridgehead atoms. The van der Waals surface area contributed by atoms with Gasteiger partial charge in [0.2, 0.25) is 0 Å². The first-order valence-electron chi connectivity index (χ1n) is 13.2. The van der Waals surface area contributed by atoms with Gasteiger partial charge in [-0.3, -0.25) is 24.6 Å². The van der Waals surface area contributed by atoms with Crippen molar-refractivity contribution in [1.29, 1.82) is 5.41 Å². The minimum atomic E-state index is -5.08. The summed E-state index contributed by atoms with van der Waals surface area (Å²) in [6.07, 6.45) is -7.20. The highest BCUT2D eigenvalue weighted by Crippen LogP contribution is 2.21. The van der Waals surface area contributed by atoms with Gasteiger partial charge in [0.05, 0.1) is 18.4 Å². The van der Waals surface area contributed by atoms with Crippen LogP contribution in [0.5, 0.6) is 5.75 Å². The van der Waals surface area contributed by atoms with Crippen LogP contribution < -0.4 is 30.5 Å². The van der Waals surface area contributed by atoms with Gasteiger partial charge in [-0.25, -0.2) is 14.4 Å². The molecule has 0 aliphatic carbocycles. The summed E-state index contributed by atoms with van der Waals surface area (Å²) in [5, 5.41) is 55.0. The van der Waals surface area contributed by atoms with E-state index in [0.717, 1.165) is 18.2 Å². The van der Waals surface area contributed by atoms with Crippen LogP contribution in [0.4, 0.5) is 18.9 Å². The number of carboxylic acid groups (broad SMARTS) is 5. The van der Waals surface area contributed by atoms with Gasteiger partial charge in [0.15, 0.2) is 5.96 Å². The number of hydrogen-bond acceptors (Lipinski definition) is 11. The maximum atomic E-state index is 13.0. The lowest BCUT2D eigenvalue weighted by atomic mass is 10.1. The Kier molecular flexibility index (Phi) is 15.4. The predicted molar refractivity (Wildman–Crippen MR) is 161 cm³/mol. The Hall–Kier alpha value is -6.34. The van der Waals surface area contributed by atoms with Gasteiger partial charge in [-0.2, -0.15) is 31.0 Å². The maximum Gasteiger partial charge on any atom is 0.490 e. The maximum absolute atomic E-state index is 13.0. The second kappa shape index (κ2) is 18.4. The van der Waals surface area contributed by atoms with Crippen molar-refractivity contribution < 1.29 is 85.4 Å². The van der Waals surface area contributed by atoms with E-state index in [4.69, 9.17) is 41.1 Å². The molecule has 12 N–H and O–H groups in total. The zero-order chi connectivity index (χ0) is 39.3. The van der Waals surface area contributed by atoms with E-state index in [1.165, 1.54) is 24.3 Å². The highest BCUT2D eigenvalue weighted by molar-refractivity contribution is 7.87. The zero-order valence-corrected chi connectivity index (χ0v) is 26.1. The summed E-state index contributed by atoms with van der Waals surface area (Å²) in [7, 11) is -4.70. The van der Waals surface area contributed by atoms with Crippen molar-refractivity contribution in [3.8, 4) is 5.75 Å². The molecule has 0 aromatic heterocycles. The number of rotatable bonds is 16. The second-order valence-corrected chi connectivity index (χ2v) is 11.1. The fourth-order valence-corrected chi connectivity index (χ4v) is 4.35. The zero-order valence-electron chi connectivity index (χ0n) is 25.3. The topological polar surface area (TPSA) is 362 Å². The van der Waals surface area contributed by atoms with Crippen LogP contribution in [0.25, 0.3) is 0 Å². The third-order valence-electron chi connectivity index (χ3n) is 5.59. The molecular formula is C26H27F3N6O15S. The number of halogens is 3. The number of aliphatic carboxylic acids is 5. The van der Waals surface area contributed by atoms with Crippen molar-refractivity contribution in [3.63, 3.8) is 0 Å². The minimum absolute atomic E-state index is 0.0229. The molecule has 25 heteroatoms. The lowest BCUT2D eigenvalue weighted by molar-refractivity contribution is -0.192. The lowest BCUT2D eigenvalue weighted by Gasteiger charge is -2.17. The Labute approximate surface area is 282 Å². The minimum Gasteiger partial charge on any atom is -0.481 e. The Morgan fingerprint density at radius 2 is 1.35 bits per heavy atom. The molecule has 0 saturated heterocycles. The van der Waals surface area contributed by atoms with Gasteiger partial charge in [0, 0.05) is 17.8 Å². The first-order valence-corrected chi connectivity index (χ1v) is 14.7. The number of carboxylic acids is 5. The number of benzene rings is 2. The van der Waals surface area contributed by atoms with Crippen LogP contribution in [0.2, 0.25) is 0 Å². The number of anilines is 1. The van der Waals surface area contributed by atoms with Crippen molar-refractivity contribution in [2.75, 3.05) is 5.32 Å². The number of nitrogens with one attached hydrogen (secondary N) is 5. The summed E-state index contributed by atoms with van der Waals surface area (Å²) in [5.41, 5.74) is 5.02.